The zero-order chi connectivity index (χ0) is 13.1. The average Bonchev–Trinajstić information content (AvgIpc) is 2.39. The van der Waals surface area contributed by atoms with E-state index in [0.29, 0.717) is 0 Å². The van der Waals surface area contributed by atoms with E-state index in [1.54, 1.807) is 0 Å². The van der Waals surface area contributed by atoms with Gasteiger partial charge in [0.15, 0.2) is 0 Å². The Morgan fingerprint density at radius 1 is 1.00 bits per heavy atom. The van der Waals surface area contributed by atoms with Gasteiger partial charge in [0.1, 0.15) is 0 Å². The minimum absolute atomic E-state index is 0.781. The Balaban J connectivity index is 2.14. The predicted octanol–water partition coefficient (Wildman–Crippen LogP) is 6.26. The number of allylic oxidation sites excluding steroid dienone is 1. The predicted molar refractivity (Wildman–Crippen MR) is 82.0 cm³/mol. The molecule has 0 nitrogen and oxygen atoms in total. The van der Waals surface area contributed by atoms with Gasteiger partial charge in [0.05, 0.1) is 0 Å². The molecule has 0 amide bonds. The van der Waals surface area contributed by atoms with Gasteiger partial charge in [-0.25, -0.2) is 0 Å². The van der Waals surface area contributed by atoms with Crippen LogP contribution in [0.25, 0.3) is 6.08 Å². The van der Waals surface area contributed by atoms with Gasteiger partial charge in [0.25, 0.3) is 0 Å². The van der Waals surface area contributed by atoms with Crippen molar-refractivity contribution in [2.45, 2.75) is 51.9 Å². The summed E-state index contributed by atoms with van der Waals surface area (Å²) < 4.78 is 0. The third-order valence-electron chi connectivity index (χ3n) is 2.94. The van der Waals surface area contributed by atoms with Crippen LogP contribution in [-0.2, 0) is 0 Å². The third kappa shape index (κ3) is 7.37. The Labute approximate surface area is 116 Å². The fraction of sp³-hybridized carbons (Fsp3) is 0.471. The van der Waals surface area contributed by atoms with Crippen LogP contribution >= 0.6 is 11.6 Å². The largest absolute Gasteiger partial charge is 0.125 e. The number of unbranched alkanes of at least 4 members (excludes halogenated alkanes) is 6. The van der Waals surface area contributed by atoms with Crippen LogP contribution in [0.4, 0.5) is 0 Å². The molecule has 98 valence electrons. The fourth-order valence-corrected chi connectivity index (χ4v) is 1.95. The van der Waals surface area contributed by atoms with Gasteiger partial charge in [-0.05, 0) is 42.7 Å². The summed E-state index contributed by atoms with van der Waals surface area (Å²) in [4.78, 5) is 0. The molecule has 0 N–H and O–H groups in total. The summed E-state index contributed by atoms with van der Waals surface area (Å²) in [6.07, 6.45) is 13.4. The maximum absolute atomic E-state index is 5.82. The molecule has 0 saturated heterocycles. The van der Waals surface area contributed by atoms with Gasteiger partial charge in [0, 0.05) is 5.02 Å². The standard InChI is InChI=1S/C17H23Cl/c1-2-3-4-5-6-7-8-9-10-11-16-12-14-17(18)15-13-16/h9,11-15H,2-8H2,1H3. The Hall–Kier alpha value is -0.970. The lowest BCUT2D eigenvalue weighted by Gasteiger charge is -1.96. The van der Waals surface area contributed by atoms with Crippen molar-refractivity contribution in [2.75, 3.05) is 0 Å². The van der Waals surface area contributed by atoms with E-state index in [1.165, 1.54) is 38.5 Å². The first kappa shape index (κ1) is 15.1. The molecule has 0 aliphatic heterocycles. The van der Waals surface area contributed by atoms with E-state index < -0.39 is 0 Å². The molecule has 0 unspecified atom stereocenters. The molecule has 0 atom stereocenters. The average molecular weight is 263 g/mol. The number of halogens is 1. The lowest BCUT2D eigenvalue weighted by molar-refractivity contribution is 0.611. The van der Waals surface area contributed by atoms with E-state index >= 15 is 0 Å². The monoisotopic (exact) mass is 262 g/mol. The van der Waals surface area contributed by atoms with Crippen molar-refractivity contribution >= 4 is 17.7 Å². The minimum atomic E-state index is 0.781. The highest BCUT2D eigenvalue weighted by atomic mass is 35.5. The number of benzene rings is 1. The quantitative estimate of drug-likeness (QED) is 0.383. The van der Waals surface area contributed by atoms with E-state index in [1.807, 2.05) is 30.3 Å². The number of hydrogen-bond acceptors (Lipinski definition) is 0. The molecule has 0 spiro atoms. The van der Waals surface area contributed by atoms with Crippen LogP contribution in [0.1, 0.15) is 57.4 Å². The summed E-state index contributed by atoms with van der Waals surface area (Å²) in [5.74, 6) is 0. The molecule has 0 aliphatic carbocycles. The normalized spacial score (nSPS) is 9.89. The maximum atomic E-state index is 5.82. The molecule has 0 radical (unpaired) electrons. The van der Waals surface area contributed by atoms with Crippen molar-refractivity contribution < 1.29 is 0 Å². The van der Waals surface area contributed by atoms with Crippen LogP contribution in [0.3, 0.4) is 0 Å². The third-order valence-corrected chi connectivity index (χ3v) is 3.19. The molecule has 0 saturated carbocycles. The van der Waals surface area contributed by atoms with Crippen LogP contribution in [0.15, 0.2) is 36.1 Å². The number of rotatable bonds is 8. The lowest BCUT2D eigenvalue weighted by Crippen LogP contribution is -1.77. The van der Waals surface area contributed by atoms with E-state index in [-0.39, 0.29) is 0 Å². The van der Waals surface area contributed by atoms with E-state index in [0.717, 1.165) is 17.0 Å². The molecule has 0 aromatic heterocycles. The van der Waals surface area contributed by atoms with E-state index in [4.69, 9.17) is 11.6 Å². The van der Waals surface area contributed by atoms with Crippen LogP contribution in [0.2, 0.25) is 5.02 Å². The molecule has 0 fully saturated rings. The second-order valence-corrected chi connectivity index (χ2v) is 5.06. The van der Waals surface area contributed by atoms with Crippen LogP contribution in [-0.4, -0.2) is 0 Å². The van der Waals surface area contributed by atoms with Crippen molar-refractivity contribution in [1.29, 1.82) is 0 Å². The maximum Gasteiger partial charge on any atom is 0.0406 e. The summed E-state index contributed by atoms with van der Waals surface area (Å²) in [5.41, 5.74) is 4.38. The van der Waals surface area contributed by atoms with E-state index in [2.05, 4.69) is 18.7 Å². The molecule has 1 rings (SSSR count). The highest BCUT2D eigenvalue weighted by Crippen LogP contribution is 2.10. The van der Waals surface area contributed by atoms with Crippen LogP contribution < -0.4 is 0 Å². The van der Waals surface area contributed by atoms with Crippen molar-refractivity contribution in [3.63, 3.8) is 0 Å². The summed E-state index contributed by atoms with van der Waals surface area (Å²) in [6.45, 7) is 2.25. The zero-order valence-electron chi connectivity index (χ0n) is 11.3. The van der Waals surface area contributed by atoms with Crippen molar-refractivity contribution in [3.05, 3.63) is 46.7 Å². The van der Waals surface area contributed by atoms with Crippen molar-refractivity contribution in [2.24, 2.45) is 0 Å². The molecular weight excluding hydrogens is 240 g/mol. The topological polar surface area (TPSA) is 0 Å². The Morgan fingerprint density at radius 2 is 1.67 bits per heavy atom. The second-order valence-electron chi connectivity index (χ2n) is 4.62. The van der Waals surface area contributed by atoms with Crippen molar-refractivity contribution in [1.82, 2.24) is 0 Å². The van der Waals surface area contributed by atoms with Crippen LogP contribution in [0.5, 0.6) is 0 Å². The SMILES string of the molecule is CCCCCCCCC=C=Cc1ccc(Cl)cc1. The smallest absolute Gasteiger partial charge is 0.0406 e. The van der Waals surface area contributed by atoms with Gasteiger partial charge in [-0.1, -0.05) is 62.8 Å². The lowest BCUT2D eigenvalue weighted by atomic mass is 10.1. The molecule has 0 bridgehead atoms. The zero-order valence-corrected chi connectivity index (χ0v) is 12.0. The molecular formula is C17H23Cl. The summed E-state index contributed by atoms with van der Waals surface area (Å²) in [5, 5.41) is 0.781. The van der Waals surface area contributed by atoms with Gasteiger partial charge in [-0.15, -0.1) is 5.73 Å². The first-order valence-corrected chi connectivity index (χ1v) is 7.37. The van der Waals surface area contributed by atoms with Gasteiger partial charge < -0.3 is 0 Å². The van der Waals surface area contributed by atoms with E-state index in [9.17, 15) is 0 Å². The highest BCUT2D eigenvalue weighted by molar-refractivity contribution is 6.30. The Morgan fingerprint density at radius 3 is 2.39 bits per heavy atom. The van der Waals surface area contributed by atoms with Gasteiger partial charge in [0.2, 0.25) is 0 Å². The van der Waals surface area contributed by atoms with Gasteiger partial charge in [-0.2, -0.15) is 0 Å². The highest BCUT2D eigenvalue weighted by Gasteiger charge is 1.88. The Kier molecular flexibility index (Phi) is 8.38. The summed E-state index contributed by atoms with van der Waals surface area (Å²) >= 11 is 5.82. The first-order valence-electron chi connectivity index (χ1n) is 6.99. The molecule has 18 heavy (non-hydrogen) atoms. The molecule has 1 aromatic carbocycles. The first-order chi connectivity index (χ1) is 8.83. The van der Waals surface area contributed by atoms with Gasteiger partial charge in [-0.3, -0.25) is 0 Å². The molecule has 1 aromatic rings. The van der Waals surface area contributed by atoms with Crippen LogP contribution in [0, 0.1) is 0 Å². The minimum Gasteiger partial charge on any atom is -0.125 e. The second kappa shape index (κ2) is 10.00. The van der Waals surface area contributed by atoms with Gasteiger partial charge >= 0.3 is 0 Å². The number of hydrogen-bond donors (Lipinski definition) is 0. The summed E-state index contributed by atoms with van der Waals surface area (Å²) in [6, 6.07) is 7.83. The summed E-state index contributed by atoms with van der Waals surface area (Å²) in [7, 11) is 0. The Bertz CT molecular complexity index is 369. The molecule has 0 aliphatic rings. The molecule has 0 heterocycles. The van der Waals surface area contributed by atoms with Crippen molar-refractivity contribution in [3.8, 4) is 0 Å². The molecule has 1 heteroatoms. The fourth-order valence-electron chi connectivity index (χ4n) is 1.82.